The van der Waals surface area contributed by atoms with Gasteiger partial charge in [0.05, 0.1) is 6.54 Å². The van der Waals surface area contributed by atoms with E-state index in [4.69, 9.17) is 15.9 Å². The molecule has 0 aromatic carbocycles. The van der Waals surface area contributed by atoms with Crippen LogP contribution < -0.4 is 16.4 Å². The molecule has 0 radical (unpaired) electrons. The van der Waals surface area contributed by atoms with Gasteiger partial charge < -0.3 is 26.6 Å². The van der Waals surface area contributed by atoms with Crippen LogP contribution in [0, 0.1) is 0 Å². The zero-order valence-corrected chi connectivity index (χ0v) is 12.3. The highest BCUT2D eigenvalue weighted by molar-refractivity contribution is 5.87. The monoisotopic (exact) mass is 317 g/mol. The minimum atomic E-state index is -1.14. The Hall–Kier alpha value is -2.16. The van der Waals surface area contributed by atoms with E-state index < -0.39 is 29.8 Å². The molecule has 1 atom stereocenters. The molecule has 0 bridgehead atoms. The third-order valence-electron chi connectivity index (χ3n) is 2.82. The van der Waals surface area contributed by atoms with Gasteiger partial charge in [0.1, 0.15) is 6.04 Å². The Balaban J connectivity index is 4.00. The van der Waals surface area contributed by atoms with E-state index in [0.717, 1.165) is 0 Å². The van der Waals surface area contributed by atoms with Crippen molar-refractivity contribution < 1.29 is 29.4 Å². The standard InChI is InChI=1S/C13H23N3O6/c14-7-2-1-4-9(13(21)22)16-11(18)8-15-10(17)5-3-6-12(19)20/h9H,1-8,14H2,(H,15,17)(H,16,18)(H,19,20)(H,21,22). The number of unbranched alkanes of at least 4 members (excludes halogenated alkanes) is 1. The molecule has 9 nitrogen and oxygen atoms in total. The van der Waals surface area contributed by atoms with Crippen molar-refractivity contribution in [1.29, 1.82) is 0 Å². The largest absolute Gasteiger partial charge is 0.481 e. The van der Waals surface area contributed by atoms with Crippen molar-refractivity contribution in [3.05, 3.63) is 0 Å². The Labute approximate surface area is 128 Å². The highest BCUT2D eigenvalue weighted by atomic mass is 16.4. The lowest BCUT2D eigenvalue weighted by Gasteiger charge is -2.14. The van der Waals surface area contributed by atoms with Gasteiger partial charge >= 0.3 is 11.9 Å². The Morgan fingerprint density at radius 1 is 0.955 bits per heavy atom. The van der Waals surface area contributed by atoms with Crippen LogP contribution in [0.25, 0.3) is 0 Å². The molecule has 22 heavy (non-hydrogen) atoms. The molecule has 0 aromatic heterocycles. The van der Waals surface area contributed by atoms with Gasteiger partial charge in [-0.15, -0.1) is 0 Å². The molecule has 0 spiro atoms. The molecule has 2 amide bonds. The fourth-order valence-corrected chi connectivity index (χ4v) is 1.66. The van der Waals surface area contributed by atoms with Crippen LogP contribution in [0.15, 0.2) is 0 Å². The van der Waals surface area contributed by atoms with Crippen molar-refractivity contribution in [3.63, 3.8) is 0 Å². The molecule has 0 aliphatic heterocycles. The Morgan fingerprint density at radius 3 is 2.18 bits per heavy atom. The molecule has 1 unspecified atom stereocenters. The number of hydrogen-bond acceptors (Lipinski definition) is 5. The van der Waals surface area contributed by atoms with Crippen LogP contribution in [0.5, 0.6) is 0 Å². The van der Waals surface area contributed by atoms with Crippen LogP contribution >= 0.6 is 0 Å². The number of carboxylic acids is 2. The van der Waals surface area contributed by atoms with Gasteiger partial charge in [0, 0.05) is 12.8 Å². The summed E-state index contributed by atoms with van der Waals surface area (Å²) in [6.45, 7) is 0.110. The lowest BCUT2D eigenvalue weighted by atomic mass is 10.1. The second kappa shape index (κ2) is 11.5. The summed E-state index contributed by atoms with van der Waals surface area (Å²) in [6, 6.07) is -1.01. The molecule has 0 aliphatic carbocycles. The summed E-state index contributed by atoms with van der Waals surface area (Å²) in [5.74, 6) is -3.19. The van der Waals surface area contributed by atoms with E-state index in [9.17, 15) is 19.2 Å². The second-order valence-corrected chi connectivity index (χ2v) is 4.77. The lowest BCUT2D eigenvalue weighted by molar-refractivity contribution is -0.142. The number of hydrogen-bond donors (Lipinski definition) is 5. The SMILES string of the molecule is NCCCCC(NC(=O)CNC(=O)CCCC(=O)O)C(=O)O. The van der Waals surface area contributed by atoms with Crippen LogP contribution in [-0.2, 0) is 19.2 Å². The number of carbonyl (C=O) groups excluding carboxylic acids is 2. The van der Waals surface area contributed by atoms with E-state index >= 15 is 0 Å². The molecule has 0 heterocycles. The van der Waals surface area contributed by atoms with Crippen molar-refractivity contribution in [2.75, 3.05) is 13.1 Å². The van der Waals surface area contributed by atoms with E-state index in [-0.39, 0.29) is 32.2 Å². The number of aliphatic carboxylic acids is 2. The van der Waals surface area contributed by atoms with Gasteiger partial charge in [0.15, 0.2) is 0 Å². The normalized spacial score (nSPS) is 11.5. The quantitative estimate of drug-likeness (QED) is 0.290. The molecule has 0 aliphatic rings. The second-order valence-electron chi connectivity index (χ2n) is 4.77. The van der Waals surface area contributed by atoms with Crippen LogP contribution in [0.3, 0.4) is 0 Å². The minimum absolute atomic E-state index is 0.00155. The van der Waals surface area contributed by atoms with E-state index in [2.05, 4.69) is 10.6 Å². The highest BCUT2D eigenvalue weighted by Gasteiger charge is 2.19. The first-order chi connectivity index (χ1) is 10.4. The summed E-state index contributed by atoms with van der Waals surface area (Å²) >= 11 is 0. The van der Waals surface area contributed by atoms with Gasteiger partial charge in [-0.05, 0) is 32.2 Å². The molecular formula is C13H23N3O6. The first-order valence-electron chi connectivity index (χ1n) is 7.07. The summed E-state index contributed by atoms with van der Waals surface area (Å²) in [4.78, 5) is 44.2. The fraction of sp³-hybridized carbons (Fsp3) is 0.692. The van der Waals surface area contributed by atoms with Crippen LogP contribution in [0.2, 0.25) is 0 Å². The number of nitrogens with two attached hydrogens (primary N) is 1. The number of rotatable bonds is 12. The number of amides is 2. The first-order valence-corrected chi connectivity index (χ1v) is 7.07. The molecule has 9 heteroatoms. The number of carboxylic acid groups (broad SMARTS) is 2. The highest BCUT2D eigenvalue weighted by Crippen LogP contribution is 2.00. The summed E-state index contributed by atoms with van der Waals surface area (Å²) in [6.07, 6.45) is 1.57. The maximum atomic E-state index is 11.6. The minimum Gasteiger partial charge on any atom is -0.481 e. The van der Waals surface area contributed by atoms with Gasteiger partial charge in [-0.2, -0.15) is 0 Å². The van der Waals surface area contributed by atoms with E-state index in [0.29, 0.717) is 19.4 Å². The van der Waals surface area contributed by atoms with Crippen molar-refractivity contribution in [2.24, 2.45) is 5.73 Å². The van der Waals surface area contributed by atoms with Crippen molar-refractivity contribution in [1.82, 2.24) is 10.6 Å². The zero-order valence-electron chi connectivity index (χ0n) is 12.3. The number of nitrogens with one attached hydrogen (secondary N) is 2. The van der Waals surface area contributed by atoms with Crippen molar-refractivity contribution >= 4 is 23.8 Å². The molecule has 0 fully saturated rings. The smallest absolute Gasteiger partial charge is 0.326 e. The first kappa shape index (κ1) is 19.8. The Kier molecular flexibility index (Phi) is 10.4. The third-order valence-corrected chi connectivity index (χ3v) is 2.82. The molecule has 0 aromatic rings. The van der Waals surface area contributed by atoms with Gasteiger partial charge in [-0.25, -0.2) is 4.79 Å². The average Bonchev–Trinajstić information content (AvgIpc) is 2.43. The predicted octanol–water partition coefficient (Wildman–Crippen LogP) is -0.944. The maximum Gasteiger partial charge on any atom is 0.326 e. The van der Waals surface area contributed by atoms with Crippen LogP contribution in [0.1, 0.15) is 38.5 Å². The lowest BCUT2D eigenvalue weighted by Crippen LogP contribution is -2.45. The van der Waals surface area contributed by atoms with E-state index in [1.807, 2.05) is 0 Å². The zero-order chi connectivity index (χ0) is 17.0. The van der Waals surface area contributed by atoms with E-state index in [1.54, 1.807) is 0 Å². The summed E-state index contributed by atoms with van der Waals surface area (Å²) in [5, 5.41) is 22.0. The van der Waals surface area contributed by atoms with Gasteiger partial charge in [-0.1, -0.05) is 0 Å². The van der Waals surface area contributed by atoms with Gasteiger partial charge in [0.2, 0.25) is 11.8 Å². The van der Waals surface area contributed by atoms with Crippen LogP contribution in [-0.4, -0.2) is 53.1 Å². The molecule has 6 N–H and O–H groups in total. The Morgan fingerprint density at radius 2 is 1.64 bits per heavy atom. The van der Waals surface area contributed by atoms with E-state index in [1.165, 1.54) is 0 Å². The number of carbonyl (C=O) groups is 4. The molecule has 0 saturated carbocycles. The summed E-state index contributed by atoms with van der Waals surface area (Å²) < 4.78 is 0. The maximum absolute atomic E-state index is 11.6. The average molecular weight is 317 g/mol. The van der Waals surface area contributed by atoms with Crippen molar-refractivity contribution in [3.8, 4) is 0 Å². The Bertz CT molecular complexity index is 399. The van der Waals surface area contributed by atoms with Crippen molar-refractivity contribution in [2.45, 2.75) is 44.6 Å². The van der Waals surface area contributed by atoms with Crippen LogP contribution in [0.4, 0.5) is 0 Å². The predicted molar refractivity (Wildman–Crippen MR) is 77.0 cm³/mol. The molecule has 0 saturated heterocycles. The third kappa shape index (κ3) is 10.6. The fourth-order valence-electron chi connectivity index (χ4n) is 1.66. The van der Waals surface area contributed by atoms with Gasteiger partial charge in [0.25, 0.3) is 0 Å². The topological polar surface area (TPSA) is 159 Å². The summed E-state index contributed by atoms with van der Waals surface area (Å²) in [5.41, 5.74) is 5.31. The molecule has 0 rings (SSSR count). The van der Waals surface area contributed by atoms with Gasteiger partial charge in [-0.3, -0.25) is 14.4 Å². The molecule has 126 valence electrons. The molecular weight excluding hydrogens is 294 g/mol. The summed E-state index contributed by atoms with van der Waals surface area (Å²) in [7, 11) is 0.